The van der Waals surface area contributed by atoms with Gasteiger partial charge in [-0.05, 0) is 53.9 Å². The van der Waals surface area contributed by atoms with Crippen LogP contribution >= 0.6 is 0 Å². The zero-order valence-electron chi connectivity index (χ0n) is 16.2. The number of hydrogen-bond acceptors (Lipinski definition) is 4. The van der Waals surface area contributed by atoms with E-state index in [2.05, 4.69) is 0 Å². The van der Waals surface area contributed by atoms with Gasteiger partial charge in [0, 0.05) is 6.54 Å². The molecule has 5 rings (SSSR count). The highest BCUT2D eigenvalue weighted by atomic mass is 19.1. The van der Waals surface area contributed by atoms with Crippen LogP contribution in [0.4, 0.5) is 4.39 Å². The SMILES string of the molecule is O=C1[C@H](Oc2ccccc2)[C@@H](c2ccc3c(c2)OCO3)N1CCc1ccc(F)cc1. The van der Waals surface area contributed by atoms with Crippen molar-refractivity contribution in [2.75, 3.05) is 13.3 Å². The Bertz CT molecular complexity index is 1050. The number of benzene rings is 3. The summed E-state index contributed by atoms with van der Waals surface area (Å²) in [6.45, 7) is 0.707. The number of fused-ring (bicyclic) bond motifs is 1. The zero-order valence-corrected chi connectivity index (χ0v) is 16.2. The molecule has 1 fully saturated rings. The number of likely N-dealkylation sites (tertiary alicyclic amines) is 1. The van der Waals surface area contributed by atoms with E-state index >= 15 is 0 Å². The molecular formula is C24H20FNO4. The quantitative estimate of drug-likeness (QED) is 0.579. The molecule has 6 heteroatoms. The van der Waals surface area contributed by atoms with Gasteiger partial charge in [0.25, 0.3) is 5.91 Å². The van der Waals surface area contributed by atoms with Gasteiger partial charge in [0.1, 0.15) is 17.6 Å². The van der Waals surface area contributed by atoms with Gasteiger partial charge >= 0.3 is 0 Å². The molecule has 1 saturated heterocycles. The Morgan fingerprint density at radius 1 is 0.967 bits per heavy atom. The predicted octanol–water partition coefficient (Wildman–Crippen LogP) is 4.13. The highest BCUT2D eigenvalue weighted by Crippen LogP contribution is 2.42. The van der Waals surface area contributed by atoms with Gasteiger partial charge in [0.15, 0.2) is 11.5 Å². The lowest BCUT2D eigenvalue weighted by Gasteiger charge is -2.47. The highest BCUT2D eigenvalue weighted by Gasteiger charge is 2.50. The van der Waals surface area contributed by atoms with Crippen molar-refractivity contribution in [3.05, 3.63) is 89.7 Å². The summed E-state index contributed by atoms with van der Waals surface area (Å²) in [5, 5.41) is 0. The Balaban J connectivity index is 1.39. The van der Waals surface area contributed by atoms with Crippen LogP contribution in [0.2, 0.25) is 0 Å². The van der Waals surface area contributed by atoms with Crippen LogP contribution in [0.25, 0.3) is 0 Å². The summed E-state index contributed by atoms with van der Waals surface area (Å²) < 4.78 is 30.1. The summed E-state index contributed by atoms with van der Waals surface area (Å²) in [6.07, 6.45) is 0.0199. The lowest BCUT2D eigenvalue weighted by molar-refractivity contribution is -0.164. The number of carbonyl (C=O) groups excluding carboxylic acids is 1. The van der Waals surface area contributed by atoms with Crippen molar-refractivity contribution in [1.29, 1.82) is 0 Å². The number of amides is 1. The van der Waals surface area contributed by atoms with E-state index in [4.69, 9.17) is 14.2 Å². The molecule has 0 spiro atoms. The third-order valence-corrected chi connectivity index (χ3v) is 5.45. The summed E-state index contributed by atoms with van der Waals surface area (Å²) in [5.41, 5.74) is 1.90. The van der Waals surface area contributed by atoms with Crippen LogP contribution in [-0.4, -0.2) is 30.2 Å². The van der Waals surface area contributed by atoms with E-state index in [1.54, 1.807) is 17.0 Å². The van der Waals surface area contributed by atoms with E-state index in [0.29, 0.717) is 30.2 Å². The topological polar surface area (TPSA) is 48.0 Å². The Labute approximate surface area is 173 Å². The molecule has 3 aromatic rings. The van der Waals surface area contributed by atoms with E-state index in [9.17, 15) is 9.18 Å². The molecule has 0 unspecified atom stereocenters. The second-order valence-electron chi connectivity index (χ2n) is 7.32. The van der Waals surface area contributed by atoms with Gasteiger partial charge in [-0.25, -0.2) is 4.39 Å². The summed E-state index contributed by atoms with van der Waals surface area (Å²) in [7, 11) is 0. The maximum absolute atomic E-state index is 13.2. The number of rotatable bonds is 6. The smallest absolute Gasteiger partial charge is 0.266 e. The van der Waals surface area contributed by atoms with Crippen LogP contribution in [0.1, 0.15) is 17.2 Å². The molecule has 1 amide bonds. The molecule has 2 heterocycles. The first-order valence-corrected chi connectivity index (χ1v) is 9.85. The summed E-state index contributed by atoms with van der Waals surface area (Å²) in [4.78, 5) is 14.7. The molecule has 0 radical (unpaired) electrons. The van der Waals surface area contributed by atoms with E-state index in [0.717, 1.165) is 11.1 Å². The van der Waals surface area contributed by atoms with E-state index in [1.165, 1.54) is 12.1 Å². The molecule has 2 aliphatic heterocycles. The molecule has 0 bridgehead atoms. The highest BCUT2D eigenvalue weighted by molar-refractivity contribution is 5.89. The number of β-lactam (4-membered cyclic amide) rings is 1. The van der Waals surface area contributed by atoms with E-state index in [1.807, 2.05) is 48.5 Å². The van der Waals surface area contributed by atoms with Crippen LogP contribution in [0.15, 0.2) is 72.8 Å². The van der Waals surface area contributed by atoms with Crippen molar-refractivity contribution >= 4 is 5.91 Å². The first-order valence-electron chi connectivity index (χ1n) is 9.85. The number of para-hydroxylation sites is 1. The van der Waals surface area contributed by atoms with Gasteiger partial charge < -0.3 is 19.1 Å². The van der Waals surface area contributed by atoms with Crippen LogP contribution < -0.4 is 14.2 Å². The number of ether oxygens (including phenoxy) is 3. The van der Waals surface area contributed by atoms with E-state index < -0.39 is 6.10 Å². The van der Waals surface area contributed by atoms with Gasteiger partial charge in [0.2, 0.25) is 12.9 Å². The second kappa shape index (κ2) is 7.71. The third kappa shape index (κ3) is 3.45. The number of nitrogens with zero attached hydrogens (tertiary/aromatic N) is 1. The predicted molar refractivity (Wildman–Crippen MR) is 108 cm³/mol. The minimum absolute atomic E-state index is 0.0661. The monoisotopic (exact) mass is 405 g/mol. The maximum atomic E-state index is 13.2. The largest absolute Gasteiger partial charge is 0.478 e. The fourth-order valence-corrected chi connectivity index (χ4v) is 3.88. The molecule has 0 saturated carbocycles. The minimum atomic E-state index is -0.610. The van der Waals surface area contributed by atoms with Crippen molar-refractivity contribution in [3.63, 3.8) is 0 Å². The number of hydrogen-bond donors (Lipinski definition) is 0. The fraction of sp³-hybridized carbons (Fsp3) is 0.208. The van der Waals surface area contributed by atoms with Gasteiger partial charge in [-0.1, -0.05) is 36.4 Å². The molecule has 5 nitrogen and oxygen atoms in total. The van der Waals surface area contributed by atoms with Gasteiger partial charge in [-0.2, -0.15) is 0 Å². The van der Waals surface area contributed by atoms with Crippen molar-refractivity contribution < 1.29 is 23.4 Å². The van der Waals surface area contributed by atoms with Gasteiger partial charge in [-0.3, -0.25) is 4.79 Å². The van der Waals surface area contributed by atoms with Crippen molar-refractivity contribution in [2.24, 2.45) is 0 Å². The summed E-state index contributed by atoms with van der Waals surface area (Å²) in [5.74, 6) is 1.68. The maximum Gasteiger partial charge on any atom is 0.266 e. The van der Waals surface area contributed by atoms with Crippen molar-refractivity contribution in [2.45, 2.75) is 18.6 Å². The van der Waals surface area contributed by atoms with Crippen molar-refractivity contribution in [3.8, 4) is 17.2 Å². The Hall–Kier alpha value is -3.54. The Morgan fingerprint density at radius 3 is 2.53 bits per heavy atom. The van der Waals surface area contributed by atoms with Crippen LogP contribution in [-0.2, 0) is 11.2 Å². The molecule has 0 N–H and O–H groups in total. The number of halogens is 1. The normalized spacial score (nSPS) is 19.5. The first-order chi connectivity index (χ1) is 14.7. The Kier molecular flexibility index (Phi) is 4.75. The molecule has 0 aliphatic carbocycles. The summed E-state index contributed by atoms with van der Waals surface area (Å²) in [6, 6.07) is 21.2. The van der Waals surface area contributed by atoms with Crippen LogP contribution in [0.3, 0.4) is 0 Å². The lowest BCUT2D eigenvalue weighted by atomic mass is 9.89. The third-order valence-electron chi connectivity index (χ3n) is 5.45. The Morgan fingerprint density at radius 2 is 1.73 bits per heavy atom. The van der Waals surface area contributed by atoms with Gasteiger partial charge in [-0.15, -0.1) is 0 Å². The average molecular weight is 405 g/mol. The first kappa shape index (κ1) is 18.5. The van der Waals surface area contributed by atoms with Crippen molar-refractivity contribution in [1.82, 2.24) is 4.90 Å². The zero-order chi connectivity index (χ0) is 20.5. The molecule has 30 heavy (non-hydrogen) atoms. The lowest BCUT2D eigenvalue weighted by Crippen LogP contribution is -2.61. The second-order valence-corrected chi connectivity index (χ2v) is 7.32. The fourth-order valence-electron chi connectivity index (χ4n) is 3.88. The molecule has 0 aromatic heterocycles. The van der Waals surface area contributed by atoms with E-state index in [-0.39, 0.29) is 24.6 Å². The number of carbonyl (C=O) groups is 1. The molecule has 2 atom stereocenters. The standard InChI is InChI=1S/C24H20FNO4/c25-18-9-6-16(7-10-18)12-13-26-22(17-8-11-20-21(14-17)29-15-28-20)23(24(26)27)30-19-4-2-1-3-5-19/h1-11,14,22-23H,12-13,15H2/t22-,23-/m1/s1. The molecule has 152 valence electrons. The van der Waals surface area contributed by atoms with Crippen LogP contribution in [0, 0.1) is 5.82 Å². The van der Waals surface area contributed by atoms with Gasteiger partial charge in [0.05, 0.1) is 0 Å². The molecule has 2 aliphatic rings. The molecular weight excluding hydrogens is 385 g/mol. The van der Waals surface area contributed by atoms with Crippen LogP contribution in [0.5, 0.6) is 17.2 Å². The minimum Gasteiger partial charge on any atom is -0.478 e. The average Bonchev–Trinajstić information content (AvgIpc) is 3.25. The summed E-state index contributed by atoms with van der Waals surface area (Å²) >= 11 is 0. The molecule has 3 aromatic carbocycles.